The van der Waals surface area contributed by atoms with Gasteiger partial charge in [-0.25, -0.2) is 9.18 Å². The largest absolute Gasteiger partial charge is 0.480 e. The number of aliphatic carboxylic acids is 1. The molecule has 0 fully saturated rings. The fraction of sp³-hybridized carbons (Fsp3) is 0.273. The van der Waals surface area contributed by atoms with Crippen LogP contribution in [0.5, 0.6) is 0 Å². The van der Waals surface area contributed by atoms with Crippen LogP contribution < -0.4 is 10.6 Å². The van der Waals surface area contributed by atoms with Gasteiger partial charge in [0.2, 0.25) is 0 Å². The first-order valence-corrected chi connectivity index (χ1v) is 5.49. The van der Waals surface area contributed by atoms with Gasteiger partial charge in [0.15, 0.2) is 0 Å². The molecule has 5 nitrogen and oxygen atoms in total. The Bertz CT molecular complexity index is 468. The van der Waals surface area contributed by atoms with Crippen molar-refractivity contribution in [3.8, 4) is 0 Å². The third-order valence-corrected chi connectivity index (χ3v) is 2.53. The molecule has 1 atom stereocenters. The molecule has 3 N–H and O–H groups in total. The third kappa shape index (κ3) is 4.21. The Hall–Kier alpha value is -1.82. The van der Waals surface area contributed by atoms with Crippen LogP contribution in [0.1, 0.15) is 12.5 Å². The molecule has 0 radical (unpaired) electrons. The van der Waals surface area contributed by atoms with Gasteiger partial charge < -0.3 is 15.7 Å². The van der Waals surface area contributed by atoms with Crippen LogP contribution in [0.2, 0.25) is 5.02 Å². The van der Waals surface area contributed by atoms with Gasteiger partial charge in [-0.3, -0.25) is 4.79 Å². The lowest BCUT2D eigenvalue weighted by Crippen LogP contribution is -2.44. The van der Waals surface area contributed by atoms with E-state index in [4.69, 9.17) is 16.7 Å². The summed E-state index contributed by atoms with van der Waals surface area (Å²) in [4.78, 5) is 21.8. The maximum absolute atomic E-state index is 12.9. The number of carbonyl (C=O) groups excluding carboxylic acids is 1. The molecule has 0 saturated carbocycles. The van der Waals surface area contributed by atoms with E-state index in [-0.39, 0.29) is 6.54 Å². The van der Waals surface area contributed by atoms with Crippen molar-refractivity contribution in [2.24, 2.45) is 0 Å². The van der Waals surface area contributed by atoms with Gasteiger partial charge in [0.25, 0.3) is 0 Å². The maximum Gasteiger partial charge on any atom is 0.325 e. The standard InChI is InChI=1S/C11H12ClFN2O3/c1-6(10(16)17)15-11(18)14-5-7-4-8(13)2-3-9(7)12/h2-4,6H,5H2,1H3,(H,16,17)(H2,14,15,18). The minimum atomic E-state index is -1.14. The molecule has 0 heterocycles. The van der Waals surface area contributed by atoms with Crippen LogP contribution >= 0.6 is 11.6 Å². The Balaban J connectivity index is 2.52. The molecule has 98 valence electrons. The highest BCUT2D eigenvalue weighted by Gasteiger charge is 2.13. The highest BCUT2D eigenvalue weighted by Crippen LogP contribution is 2.16. The molecule has 2 amide bonds. The lowest BCUT2D eigenvalue weighted by atomic mass is 10.2. The summed E-state index contributed by atoms with van der Waals surface area (Å²) in [6.07, 6.45) is 0. The minimum absolute atomic E-state index is 0.00870. The summed E-state index contributed by atoms with van der Waals surface area (Å²) in [5.74, 6) is -1.61. The van der Waals surface area contributed by atoms with Gasteiger partial charge in [-0.2, -0.15) is 0 Å². The van der Waals surface area contributed by atoms with Crippen LogP contribution in [0.25, 0.3) is 0 Å². The predicted molar refractivity (Wildman–Crippen MR) is 63.9 cm³/mol. The Morgan fingerprint density at radius 1 is 1.50 bits per heavy atom. The molecular formula is C11H12ClFN2O3. The van der Waals surface area contributed by atoms with Gasteiger partial charge in [0.05, 0.1) is 0 Å². The average molecular weight is 275 g/mol. The average Bonchev–Trinajstić information content (AvgIpc) is 2.30. The number of benzene rings is 1. The molecule has 18 heavy (non-hydrogen) atoms. The first kappa shape index (κ1) is 14.2. The lowest BCUT2D eigenvalue weighted by molar-refractivity contribution is -0.138. The predicted octanol–water partition coefficient (Wildman–Crippen LogP) is 1.75. The van der Waals surface area contributed by atoms with Crippen molar-refractivity contribution >= 4 is 23.6 Å². The van der Waals surface area contributed by atoms with E-state index in [9.17, 15) is 14.0 Å². The van der Waals surface area contributed by atoms with Gasteiger partial charge in [0.1, 0.15) is 11.9 Å². The zero-order valence-electron chi connectivity index (χ0n) is 9.54. The Morgan fingerprint density at radius 2 is 2.17 bits per heavy atom. The van der Waals surface area contributed by atoms with Crippen molar-refractivity contribution in [3.05, 3.63) is 34.6 Å². The van der Waals surface area contributed by atoms with Crippen LogP contribution in [-0.4, -0.2) is 23.1 Å². The van der Waals surface area contributed by atoms with E-state index in [0.29, 0.717) is 10.6 Å². The molecule has 0 aliphatic heterocycles. The van der Waals surface area contributed by atoms with E-state index in [2.05, 4.69) is 10.6 Å². The summed E-state index contributed by atoms with van der Waals surface area (Å²) < 4.78 is 12.9. The van der Waals surface area contributed by atoms with Gasteiger partial charge >= 0.3 is 12.0 Å². The summed E-state index contributed by atoms with van der Waals surface area (Å²) in [5, 5.41) is 13.5. The molecule has 0 saturated heterocycles. The van der Waals surface area contributed by atoms with Gasteiger partial charge in [0, 0.05) is 11.6 Å². The molecule has 1 aromatic rings. The third-order valence-electron chi connectivity index (χ3n) is 2.17. The number of halogens is 2. The second-order valence-electron chi connectivity index (χ2n) is 3.62. The number of rotatable bonds is 4. The summed E-state index contributed by atoms with van der Waals surface area (Å²) in [6.45, 7) is 1.34. The summed E-state index contributed by atoms with van der Waals surface area (Å²) in [7, 11) is 0. The smallest absolute Gasteiger partial charge is 0.325 e. The summed E-state index contributed by atoms with van der Waals surface area (Å²) in [6, 6.07) is 2.12. The molecule has 0 spiro atoms. The van der Waals surface area contributed by atoms with Crippen LogP contribution in [0, 0.1) is 5.82 Å². The summed E-state index contributed by atoms with van der Waals surface area (Å²) >= 11 is 5.80. The fourth-order valence-electron chi connectivity index (χ4n) is 1.16. The van der Waals surface area contributed by atoms with Gasteiger partial charge in [-0.05, 0) is 30.7 Å². The maximum atomic E-state index is 12.9. The second-order valence-corrected chi connectivity index (χ2v) is 4.03. The number of amides is 2. The lowest BCUT2D eigenvalue weighted by Gasteiger charge is -2.11. The second kappa shape index (κ2) is 6.20. The van der Waals surface area contributed by atoms with Crippen molar-refractivity contribution in [2.45, 2.75) is 19.5 Å². The van der Waals surface area contributed by atoms with Crippen LogP contribution in [0.4, 0.5) is 9.18 Å². The first-order valence-electron chi connectivity index (χ1n) is 5.11. The number of hydrogen-bond donors (Lipinski definition) is 3. The molecule has 7 heteroatoms. The summed E-state index contributed by atoms with van der Waals surface area (Å²) in [5.41, 5.74) is 0.412. The monoisotopic (exact) mass is 274 g/mol. The number of carboxylic acids is 1. The normalized spacial score (nSPS) is 11.7. The van der Waals surface area contributed by atoms with E-state index >= 15 is 0 Å². The zero-order valence-corrected chi connectivity index (χ0v) is 10.3. The van der Waals surface area contributed by atoms with E-state index in [0.717, 1.165) is 0 Å². The van der Waals surface area contributed by atoms with Crippen molar-refractivity contribution in [3.63, 3.8) is 0 Å². The number of urea groups is 1. The van der Waals surface area contributed by atoms with Crippen molar-refractivity contribution in [1.29, 1.82) is 0 Å². The quantitative estimate of drug-likeness (QED) is 0.783. The van der Waals surface area contributed by atoms with Crippen molar-refractivity contribution in [2.75, 3.05) is 0 Å². The minimum Gasteiger partial charge on any atom is -0.480 e. The van der Waals surface area contributed by atoms with E-state index < -0.39 is 23.9 Å². The Labute approximate surface area is 108 Å². The SMILES string of the molecule is CC(NC(=O)NCc1cc(F)ccc1Cl)C(=O)O. The molecule has 1 aromatic carbocycles. The Kier molecular flexibility index (Phi) is 4.91. The van der Waals surface area contributed by atoms with Crippen LogP contribution in [0.15, 0.2) is 18.2 Å². The molecule has 0 aromatic heterocycles. The topological polar surface area (TPSA) is 78.4 Å². The van der Waals surface area contributed by atoms with Crippen molar-refractivity contribution < 1.29 is 19.1 Å². The molecule has 1 unspecified atom stereocenters. The van der Waals surface area contributed by atoms with E-state index in [1.54, 1.807) is 0 Å². The van der Waals surface area contributed by atoms with Gasteiger partial charge in [-0.1, -0.05) is 11.6 Å². The number of carbonyl (C=O) groups is 2. The number of hydrogen-bond acceptors (Lipinski definition) is 2. The molecule has 0 aliphatic rings. The molecule has 0 bridgehead atoms. The first-order chi connectivity index (χ1) is 8.40. The van der Waals surface area contributed by atoms with E-state index in [1.165, 1.54) is 25.1 Å². The van der Waals surface area contributed by atoms with Crippen LogP contribution in [-0.2, 0) is 11.3 Å². The fourth-order valence-corrected chi connectivity index (χ4v) is 1.35. The van der Waals surface area contributed by atoms with Gasteiger partial charge in [-0.15, -0.1) is 0 Å². The Morgan fingerprint density at radius 3 is 2.78 bits per heavy atom. The molecular weight excluding hydrogens is 263 g/mol. The zero-order chi connectivity index (χ0) is 13.7. The van der Waals surface area contributed by atoms with Crippen molar-refractivity contribution in [1.82, 2.24) is 10.6 Å². The van der Waals surface area contributed by atoms with Crippen LogP contribution in [0.3, 0.4) is 0 Å². The molecule has 0 aliphatic carbocycles. The number of carboxylic acid groups (broad SMARTS) is 1. The highest BCUT2D eigenvalue weighted by molar-refractivity contribution is 6.31. The highest BCUT2D eigenvalue weighted by atomic mass is 35.5. The number of nitrogens with one attached hydrogen (secondary N) is 2. The molecule has 1 rings (SSSR count). The van der Waals surface area contributed by atoms with E-state index in [1.807, 2.05) is 0 Å².